The van der Waals surface area contributed by atoms with Gasteiger partial charge in [-0.3, -0.25) is 14.9 Å². The van der Waals surface area contributed by atoms with Crippen LogP contribution in [0.4, 0.5) is 11.4 Å². The molecule has 0 bridgehead atoms. The standard InChI is InChI=1S/C16H15ClN2O4/c1-11-10-12(17)2-7-15(11)18-16(20)8-9-23-14-5-3-13(4-6-14)19(21)22/h2-7,10H,8-9H2,1H3,(H,18,20). The van der Waals surface area contributed by atoms with Crippen molar-refractivity contribution in [1.29, 1.82) is 0 Å². The Balaban J connectivity index is 1.81. The summed E-state index contributed by atoms with van der Waals surface area (Å²) in [7, 11) is 0. The Morgan fingerprint density at radius 2 is 1.96 bits per heavy atom. The van der Waals surface area contributed by atoms with E-state index in [9.17, 15) is 14.9 Å². The number of carbonyl (C=O) groups excluding carboxylic acids is 1. The molecule has 7 heteroatoms. The van der Waals surface area contributed by atoms with Crippen molar-refractivity contribution in [1.82, 2.24) is 0 Å². The normalized spacial score (nSPS) is 10.2. The molecule has 2 aromatic carbocycles. The topological polar surface area (TPSA) is 81.5 Å². The van der Waals surface area contributed by atoms with Gasteiger partial charge in [-0.05, 0) is 42.8 Å². The molecule has 0 aromatic heterocycles. The first-order valence-electron chi connectivity index (χ1n) is 6.89. The number of halogens is 1. The molecular weight excluding hydrogens is 320 g/mol. The molecule has 0 saturated heterocycles. The van der Waals surface area contributed by atoms with E-state index in [1.54, 1.807) is 18.2 Å². The highest BCUT2D eigenvalue weighted by atomic mass is 35.5. The van der Waals surface area contributed by atoms with Crippen LogP contribution in [0.25, 0.3) is 0 Å². The Labute approximate surface area is 138 Å². The zero-order valence-electron chi connectivity index (χ0n) is 12.4. The monoisotopic (exact) mass is 334 g/mol. The third kappa shape index (κ3) is 4.96. The summed E-state index contributed by atoms with van der Waals surface area (Å²) in [4.78, 5) is 21.9. The van der Waals surface area contributed by atoms with Crippen LogP contribution in [0.5, 0.6) is 5.75 Å². The van der Waals surface area contributed by atoms with Crippen molar-refractivity contribution >= 4 is 28.9 Å². The van der Waals surface area contributed by atoms with Gasteiger partial charge in [0.2, 0.25) is 5.91 Å². The predicted octanol–water partition coefficient (Wildman–Crippen LogP) is 3.96. The van der Waals surface area contributed by atoms with E-state index in [1.807, 2.05) is 6.92 Å². The van der Waals surface area contributed by atoms with Crippen LogP contribution < -0.4 is 10.1 Å². The number of non-ortho nitro benzene ring substituents is 1. The molecule has 2 rings (SSSR count). The zero-order chi connectivity index (χ0) is 16.8. The number of hydrogen-bond donors (Lipinski definition) is 1. The molecule has 0 aliphatic heterocycles. The molecule has 6 nitrogen and oxygen atoms in total. The molecule has 2 aromatic rings. The lowest BCUT2D eigenvalue weighted by atomic mass is 10.2. The quantitative estimate of drug-likeness (QED) is 0.640. The Morgan fingerprint density at radius 1 is 1.26 bits per heavy atom. The highest BCUT2D eigenvalue weighted by Crippen LogP contribution is 2.20. The molecule has 1 amide bonds. The van der Waals surface area contributed by atoms with E-state index in [4.69, 9.17) is 16.3 Å². The van der Waals surface area contributed by atoms with E-state index in [-0.39, 0.29) is 24.6 Å². The molecule has 23 heavy (non-hydrogen) atoms. The molecule has 0 aliphatic rings. The Bertz CT molecular complexity index is 717. The Kier molecular flexibility index (Phi) is 5.54. The van der Waals surface area contributed by atoms with E-state index in [2.05, 4.69) is 5.32 Å². The maximum atomic E-state index is 11.9. The second kappa shape index (κ2) is 7.60. The van der Waals surface area contributed by atoms with Crippen LogP contribution in [0.3, 0.4) is 0 Å². The van der Waals surface area contributed by atoms with Gasteiger partial charge >= 0.3 is 0 Å². The third-order valence-electron chi connectivity index (χ3n) is 3.11. The van der Waals surface area contributed by atoms with Gasteiger partial charge < -0.3 is 10.1 Å². The fourth-order valence-electron chi connectivity index (χ4n) is 1.91. The second-order valence-corrected chi connectivity index (χ2v) is 5.29. The number of nitro benzene ring substituents is 1. The highest BCUT2D eigenvalue weighted by Gasteiger charge is 2.07. The van der Waals surface area contributed by atoms with Crippen molar-refractivity contribution in [3.05, 3.63) is 63.2 Å². The van der Waals surface area contributed by atoms with Gasteiger partial charge in [-0.25, -0.2) is 0 Å². The van der Waals surface area contributed by atoms with Gasteiger partial charge in [0.25, 0.3) is 5.69 Å². The number of nitrogens with one attached hydrogen (secondary N) is 1. The van der Waals surface area contributed by atoms with E-state index in [1.165, 1.54) is 24.3 Å². The van der Waals surface area contributed by atoms with E-state index < -0.39 is 4.92 Å². The summed E-state index contributed by atoms with van der Waals surface area (Å²) in [6.07, 6.45) is 0.166. The number of rotatable bonds is 6. The van der Waals surface area contributed by atoms with Crippen molar-refractivity contribution in [3.63, 3.8) is 0 Å². The summed E-state index contributed by atoms with van der Waals surface area (Å²) in [5, 5.41) is 13.9. The molecule has 0 spiro atoms. The smallest absolute Gasteiger partial charge is 0.269 e. The first-order chi connectivity index (χ1) is 11.0. The number of nitro groups is 1. The van der Waals surface area contributed by atoms with E-state index in [0.29, 0.717) is 16.5 Å². The van der Waals surface area contributed by atoms with Crippen molar-refractivity contribution in [2.75, 3.05) is 11.9 Å². The number of anilines is 1. The lowest BCUT2D eigenvalue weighted by Crippen LogP contribution is -2.15. The first-order valence-corrected chi connectivity index (χ1v) is 7.27. The maximum Gasteiger partial charge on any atom is 0.269 e. The average Bonchev–Trinajstić information content (AvgIpc) is 2.50. The van der Waals surface area contributed by atoms with Crippen LogP contribution in [0.1, 0.15) is 12.0 Å². The van der Waals surface area contributed by atoms with Crippen LogP contribution in [-0.2, 0) is 4.79 Å². The number of ether oxygens (including phenoxy) is 1. The SMILES string of the molecule is Cc1cc(Cl)ccc1NC(=O)CCOc1ccc([N+](=O)[O-])cc1. The van der Waals surface area contributed by atoms with Gasteiger partial charge in [-0.15, -0.1) is 0 Å². The molecular formula is C16H15ClN2O4. The van der Waals surface area contributed by atoms with Crippen LogP contribution in [0.15, 0.2) is 42.5 Å². The fraction of sp³-hybridized carbons (Fsp3) is 0.188. The number of nitrogens with zero attached hydrogens (tertiary/aromatic N) is 1. The summed E-state index contributed by atoms with van der Waals surface area (Å²) in [5.74, 6) is 0.295. The fourth-order valence-corrected chi connectivity index (χ4v) is 2.13. The van der Waals surface area contributed by atoms with Gasteiger partial charge in [0.1, 0.15) is 5.75 Å². The second-order valence-electron chi connectivity index (χ2n) is 4.86. The summed E-state index contributed by atoms with van der Waals surface area (Å²) in [6, 6.07) is 10.9. The van der Waals surface area contributed by atoms with Crippen LogP contribution in [0, 0.1) is 17.0 Å². The molecule has 0 radical (unpaired) electrons. The van der Waals surface area contributed by atoms with Gasteiger partial charge in [0, 0.05) is 22.8 Å². The minimum atomic E-state index is -0.480. The van der Waals surface area contributed by atoms with E-state index >= 15 is 0 Å². The van der Waals surface area contributed by atoms with Gasteiger partial charge in [-0.2, -0.15) is 0 Å². The van der Waals surface area contributed by atoms with Crippen molar-refractivity contribution < 1.29 is 14.5 Å². The summed E-state index contributed by atoms with van der Waals surface area (Å²) in [5.41, 5.74) is 1.57. The number of carbonyl (C=O) groups is 1. The lowest BCUT2D eigenvalue weighted by Gasteiger charge is -2.09. The Morgan fingerprint density at radius 3 is 2.57 bits per heavy atom. The first kappa shape index (κ1) is 16.8. The summed E-state index contributed by atoms with van der Waals surface area (Å²) >= 11 is 5.86. The molecule has 0 heterocycles. The van der Waals surface area contributed by atoms with Gasteiger partial charge in [0.05, 0.1) is 18.0 Å². The highest BCUT2D eigenvalue weighted by molar-refractivity contribution is 6.30. The number of benzene rings is 2. The largest absolute Gasteiger partial charge is 0.493 e. The molecule has 0 saturated carbocycles. The molecule has 120 valence electrons. The third-order valence-corrected chi connectivity index (χ3v) is 3.34. The Hall–Kier alpha value is -2.60. The van der Waals surface area contributed by atoms with Crippen molar-refractivity contribution in [2.24, 2.45) is 0 Å². The summed E-state index contributed by atoms with van der Waals surface area (Å²) in [6.45, 7) is 2.03. The summed E-state index contributed by atoms with van der Waals surface area (Å²) < 4.78 is 5.39. The minimum absolute atomic E-state index is 0.00620. The molecule has 0 fully saturated rings. The van der Waals surface area contributed by atoms with Crippen LogP contribution >= 0.6 is 11.6 Å². The number of amides is 1. The van der Waals surface area contributed by atoms with Crippen molar-refractivity contribution in [3.8, 4) is 5.75 Å². The molecule has 0 unspecified atom stereocenters. The maximum absolute atomic E-state index is 11.9. The zero-order valence-corrected chi connectivity index (χ0v) is 13.2. The minimum Gasteiger partial charge on any atom is -0.493 e. The van der Waals surface area contributed by atoms with Crippen LogP contribution in [-0.4, -0.2) is 17.4 Å². The predicted molar refractivity (Wildman–Crippen MR) is 88.0 cm³/mol. The molecule has 1 N–H and O–H groups in total. The van der Waals surface area contributed by atoms with Crippen LogP contribution in [0.2, 0.25) is 5.02 Å². The number of aryl methyl sites for hydroxylation is 1. The van der Waals surface area contributed by atoms with Gasteiger partial charge in [0.15, 0.2) is 0 Å². The van der Waals surface area contributed by atoms with E-state index in [0.717, 1.165) is 5.56 Å². The molecule has 0 aliphatic carbocycles. The number of hydrogen-bond acceptors (Lipinski definition) is 4. The van der Waals surface area contributed by atoms with Gasteiger partial charge in [-0.1, -0.05) is 11.6 Å². The average molecular weight is 335 g/mol. The van der Waals surface area contributed by atoms with Crippen molar-refractivity contribution in [2.45, 2.75) is 13.3 Å². The lowest BCUT2D eigenvalue weighted by molar-refractivity contribution is -0.384. The molecule has 0 atom stereocenters.